The molecule has 2 rings (SSSR count). The van der Waals surface area contributed by atoms with E-state index in [2.05, 4.69) is 49.1 Å². The Bertz CT molecular complexity index is 538. The lowest BCUT2D eigenvalue weighted by atomic mass is 9.95. The highest BCUT2D eigenvalue weighted by atomic mass is 32.1. The van der Waals surface area contributed by atoms with Crippen LogP contribution in [0.4, 0.5) is 5.82 Å². The molecule has 0 aliphatic heterocycles. The fourth-order valence-corrected chi connectivity index (χ4v) is 2.30. The van der Waals surface area contributed by atoms with Crippen molar-refractivity contribution in [3.8, 4) is 11.3 Å². The fourth-order valence-electron chi connectivity index (χ4n) is 1.59. The van der Waals surface area contributed by atoms with E-state index in [0.717, 1.165) is 17.1 Å². The van der Waals surface area contributed by atoms with Crippen molar-refractivity contribution in [3.63, 3.8) is 0 Å². The Kier molecular flexibility index (Phi) is 2.91. The molecule has 17 heavy (non-hydrogen) atoms. The van der Waals surface area contributed by atoms with Crippen LogP contribution in [0.3, 0.4) is 0 Å². The summed E-state index contributed by atoms with van der Waals surface area (Å²) in [6.07, 6.45) is 0. The Morgan fingerprint density at radius 2 is 1.94 bits per heavy atom. The molecule has 0 saturated heterocycles. The van der Waals surface area contributed by atoms with Crippen molar-refractivity contribution in [2.75, 3.05) is 5.73 Å². The molecule has 0 fully saturated rings. The molecule has 0 aromatic carbocycles. The lowest BCUT2D eigenvalue weighted by Gasteiger charge is -2.17. The Morgan fingerprint density at radius 1 is 1.24 bits per heavy atom. The zero-order chi connectivity index (χ0) is 12.6. The molecular weight excluding hydrogens is 230 g/mol. The molecule has 0 bridgehead atoms. The number of rotatable bonds is 1. The molecule has 0 unspecified atom stereocenters. The average molecular weight is 247 g/mol. The topological polar surface area (TPSA) is 51.8 Å². The van der Waals surface area contributed by atoms with Gasteiger partial charge in [-0.05, 0) is 18.4 Å². The van der Waals surface area contributed by atoms with Crippen LogP contribution in [0.25, 0.3) is 11.3 Å². The standard InChI is InChI=1S/C13H17N3S/c1-8-9(5-6-17-8)10-7-11(14)16-12(15-10)13(2,3)4/h5-7H,1-4H3,(H2,14,15,16). The smallest absolute Gasteiger partial charge is 0.136 e. The number of nitrogens with zero attached hydrogens (tertiary/aromatic N) is 2. The van der Waals surface area contributed by atoms with Gasteiger partial charge >= 0.3 is 0 Å². The van der Waals surface area contributed by atoms with Gasteiger partial charge in [0.25, 0.3) is 0 Å². The van der Waals surface area contributed by atoms with Crippen molar-refractivity contribution in [1.29, 1.82) is 0 Å². The molecule has 0 atom stereocenters. The van der Waals surface area contributed by atoms with Crippen LogP contribution in [0, 0.1) is 6.92 Å². The van der Waals surface area contributed by atoms with Gasteiger partial charge in [-0.3, -0.25) is 0 Å². The van der Waals surface area contributed by atoms with Gasteiger partial charge in [-0.2, -0.15) is 0 Å². The SMILES string of the molecule is Cc1sccc1-c1cc(N)nc(C(C)(C)C)n1. The van der Waals surface area contributed by atoms with E-state index in [9.17, 15) is 0 Å². The highest BCUT2D eigenvalue weighted by Crippen LogP contribution is 2.29. The molecule has 0 radical (unpaired) electrons. The Morgan fingerprint density at radius 3 is 2.47 bits per heavy atom. The Balaban J connectivity index is 2.57. The monoisotopic (exact) mass is 247 g/mol. The summed E-state index contributed by atoms with van der Waals surface area (Å²) in [5, 5.41) is 2.07. The third-order valence-corrected chi connectivity index (χ3v) is 3.40. The van der Waals surface area contributed by atoms with Crippen molar-refractivity contribution >= 4 is 17.2 Å². The third kappa shape index (κ3) is 2.47. The van der Waals surface area contributed by atoms with Gasteiger partial charge in [-0.15, -0.1) is 11.3 Å². The minimum atomic E-state index is -0.0892. The second-order valence-corrected chi connectivity index (χ2v) is 6.26. The highest BCUT2D eigenvalue weighted by molar-refractivity contribution is 7.10. The summed E-state index contributed by atoms with van der Waals surface area (Å²) >= 11 is 1.72. The van der Waals surface area contributed by atoms with Crippen molar-refractivity contribution in [2.45, 2.75) is 33.1 Å². The van der Waals surface area contributed by atoms with Gasteiger partial charge in [0.2, 0.25) is 0 Å². The minimum absolute atomic E-state index is 0.0892. The molecule has 2 aromatic heterocycles. The maximum atomic E-state index is 5.86. The van der Waals surface area contributed by atoms with Gasteiger partial charge in [0.1, 0.15) is 11.6 Å². The maximum Gasteiger partial charge on any atom is 0.136 e. The molecule has 3 nitrogen and oxygen atoms in total. The van der Waals surface area contributed by atoms with E-state index in [-0.39, 0.29) is 5.41 Å². The second kappa shape index (κ2) is 4.11. The van der Waals surface area contributed by atoms with Crippen molar-refractivity contribution < 1.29 is 0 Å². The number of nitrogen functional groups attached to an aromatic ring is 1. The molecule has 0 spiro atoms. The van der Waals surface area contributed by atoms with Gasteiger partial charge in [0, 0.05) is 21.9 Å². The van der Waals surface area contributed by atoms with Gasteiger partial charge in [-0.1, -0.05) is 20.8 Å². The van der Waals surface area contributed by atoms with Gasteiger partial charge in [0.15, 0.2) is 0 Å². The normalized spacial score (nSPS) is 11.8. The number of nitrogens with two attached hydrogens (primary N) is 1. The van der Waals surface area contributed by atoms with Crippen molar-refractivity contribution in [1.82, 2.24) is 9.97 Å². The quantitative estimate of drug-likeness (QED) is 0.840. The molecular formula is C13H17N3S. The van der Waals surface area contributed by atoms with E-state index < -0.39 is 0 Å². The number of aromatic nitrogens is 2. The highest BCUT2D eigenvalue weighted by Gasteiger charge is 2.19. The third-order valence-electron chi connectivity index (χ3n) is 2.55. The summed E-state index contributed by atoms with van der Waals surface area (Å²) in [7, 11) is 0. The van der Waals surface area contributed by atoms with Crippen LogP contribution in [0.5, 0.6) is 0 Å². The zero-order valence-electron chi connectivity index (χ0n) is 10.6. The second-order valence-electron chi connectivity index (χ2n) is 5.14. The van der Waals surface area contributed by atoms with E-state index in [1.165, 1.54) is 4.88 Å². The summed E-state index contributed by atoms with van der Waals surface area (Å²) in [5.41, 5.74) is 7.84. The van der Waals surface area contributed by atoms with E-state index in [0.29, 0.717) is 5.82 Å². The molecule has 4 heteroatoms. The summed E-state index contributed by atoms with van der Waals surface area (Å²) in [6, 6.07) is 3.92. The van der Waals surface area contributed by atoms with Crippen LogP contribution in [-0.4, -0.2) is 9.97 Å². The first-order valence-corrected chi connectivity index (χ1v) is 6.45. The van der Waals surface area contributed by atoms with E-state index in [1.54, 1.807) is 11.3 Å². The number of hydrogen-bond donors (Lipinski definition) is 1. The van der Waals surface area contributed by atoms with E-state index in [4.69, 9.17) is 5.73 Å². The molecule has 0 saturated carbocycles. The predicted molar refractivity (Wildman–Crippen MR) is 73.2 cm³/mol. The summed E-state index contributed by atoms with van der Waals surface area (Å²) in [4.78, 5) is 10.2. The largest absolute Gasteiger partial charge is 0.384 e. The van der Waals surface area contributed by atoms with Crippen LogP contribution >= 0.6 is 11.3 Å². The van der Waals surface area contributed by atoms with Gasteiger partial charge in [0.05, 0.1) is 5.69 Å². The summed E-state index contributed by atoms with van der Waals surface area (Å²) < 4.78 is 0. The number of aryl methyl sites for hydroxylation is 1. The summed E-state index contributed by atoms with van der Waals surface area (Å²) in [5.74, 6) is 1.32. The van der Waals surface area contributed by atoms with E-state index >= 15 is 0 Å². The number of hydrogen-bond acceptors (Lipinski definition) is 4. The first kappa shape index (κ1) is 12.0. The van der Waals surface area contributed by atoms with E-state index in [1.807, 2.05) is 6.07 Å². The molecule has 0 amide bonds. The maximum absolute atomic E-state index is 5.86. The lowest BCUT2D eigenvalue weighted by molar-refractivity contribution is 0.547. The predicted octanol–water partition coefficient (Wildman–Crippen LogP) is 3.39. The Hall–Kier alpha value is -1.42. The van der Waals surface area contributed by atoms with Crippen LogP contribution in [0.2, 0.25) is 0 Å². The first-order valence-electron chi connectivity index (χ1n) is 5.57. The minimum Gasteiger partial charge on any atom is -0.384 e. The molecule has 0 aliphatic carbocycles. The fraction of sp³-hybridized carbons (Fsp3) is 0.385. The molecule has 0 aliphatic rings. The number of anilines is 1. The number of thiophene rings is 1. The van der Waals surface area contributed by atoms with Crippen LogP contribution < -0.4 is 5.73 Å². The molecule has 2 heterocycles. The summed E-state index contributed by atoms with van der Waals surface area (Å²) in [6.45, 7) is 8.36. The first-order chi connectivity index (χ1) is 7.88. The van der Waals surface area contributed by atoms with Gasteiger partial charge in [-0.25, -0.2) is 9.97 Å². The van der Waals surface area contributed by atoms with Crippen molar-refractivity contribution in [3.05, 3.63) is 28.2 Å². The lowest BCUT2D eigenvalue weighted by Crippen LogP contribution is -2.17. The zero-order valence-corrected chi connectivity index (χ0v) is 11.4. The van der Waals surface area contributed by atoms with Crippen LogP contribution in [0.1, 0.15) is 31.5 Å². The Labute approximate surface area is 106 Å². The van der Waals surface area contributed by atoms with Gasteiger partial charge < -0.3 is 5.73 Å². The molecule has 2 aromatic rings. The average Bonchev–Trinajstić information content (AvgIpc) is 2.62. The van der Waals surface area contributed by atoms with Crippen molar-refractivity contribution in [2.24, 2.45) is 0 Å². The molecule has 2 N–H and O–H groups in total. The van der Waals surface area contributed by atoms with Crippen LogP contribution in [0.15, 0.2) is 17.5 Å². The molecule has 90 valence electrons. The van der Waals surface area contributed by atoms with Crippen LogP contribution in [-0.2, 0) is 5.41 Å².